The van der Waals surface area contributed by atoms with Gasteiger partial charge in [0, 0.05) is 5.57 Å². The third-order valence-corrected chi connectivity index (χ3v) is 3.09. The van der Waals surface area contributed by atoms with E-state index in [1.807, 2.05) is 6.92 Å². The molecular weight excluding hydrogens is 238 g/mol. The Bertz CT molecular complexity index is 251. The Labute approximate surface area is 118 Å². The van der Waals surface area contributed by atoms with Crippen molar-refractivity contribution in [3.05, 3.63) is 12.2 Å². The van der Waals surface area contributed by atoms with Crippen LogP contribution in [0.3, 0.4) is 0 Å². The van der Waals surface area contributed by atoms with Gasteiger partial charge in [0.1, 0.15) is 0 Å². The maximum Gasteiger partial charge on any atom is 0.334 e. The fraction of sp³-hybridized carbons (Fsp3) is 0.812. The smallest absolute Gasteiger partial charge is 0.334 e. The lowest BCUT2D eigenvalue weighted by Crippen LogP contribution is -2.31. The van der Waals surface area contributed by atoms with Gasteiger partial charge in [-0.1, -0.05) is 58.4 Å². The van der Waals surface area contributed by atoms with Crippen molar-refractivity contribution in [3.8, 4) is 0 Å². The molecule has 0 aliphatic carbocycles. The number of unbranched alkanes of at least 4 members (excludes halogenated alkanes) is 7. The van der Waals surface area contributed by atoms with Crippen molar-refractivity contribution in [2.24, 2.45) is 0 Å². The Kier molecular flexibility index (Phi) is 11.7. The van der Waals surface area contributed by atoms with E-state index in [2.05, 4.69) is 18.8 Å². The summed E-state index contributed by atoms with van der Waals surface area (Å²) in [6.45, 7) is 10.2. The van der Waals surface area contributed by atoms with Crippen LogP contribution in [-0.4, -0.2) is 18.7 Å². The Balaban J connectivity index is 3.29. The van der Waals surface area contributed by atoms with Gasteiger partial charge in [0.15, 0.2) is 6.23 Å². The van der Waals surface area contributed by atoms with Crippen molar-refractivity contribution >= 4 is 5.97 Å². The molecule has 1 unspecified atom stereocenters. The average molecular weight is 269 g/mol. The minimum Gasteiger partial charge on any atom is -0.444 e. The van der Waals surface area contributed by atoms with E-state index in [1.165, 1.54) is 44.9 Å². The normalized spacial score (nSPS) is 12.2. The van der Waals surface area contributed by atoms with Gasteiger partial charge in [0.2, 0.25) is 0 Å². The number of rotatable bonds is 12. The molecule has 0 saturated carbocycles. The molecule has 0 aliphatic heterocycles. The van der Waals surface area contributed by atoms with Gasteiger partial charge in [-0.05, 0) is 26.8 Å². The topological polar surface area (TPSA) is 38.3 Å². The largest absolute Gasteiger partial charge is 0.444 e. The molecule has 0 aromatic carbocycles. The SMILES string of the molecule is C=C(C)C(=O)OC(C)NCCCCCCCCCC. The number of hydrogen-bond donors (Lipinski definition) is 1. The number of nitrogens with one attached hydrogen (secondary N) is 1. The highest BCUT2D eigenvalue weighted by Gasteiger charge is 2.08. The summed E-state index contributed by atoms with van der Waals surface area (Å²) in [7, 11) is 0. The summed E-state index contributed by atoms with van der Waals surface area (Å²) in [5.74, 6) is -0.323. The van der Waals surface area contributed by atoms with Crippen LogP contribution in [0.2, 0.25) is 0 Å². The molecular formula is C16H31NO2. The van der Waals surface area contributed by atoms with E-state index in [0.717, 1.165) is 13.0 Å². The average Bonchev–Trinajstić information content (AvgIpc) is 2.36. The molecule has 0 fully saturated rings. The molecule has 112 valence electrons. The number of carbonyl (C=O) groups is 1. The molecule has 0 aliphatic rings. The molecule has 0 bridgehead atoms. The van der Waals surface area contributed by atoms with Gasteiger partial charge in [0.05, 0.1) is 0 Å². The predicted octanol–water partition coefficient (Wildman–Crippen LogP) is 4.18. The van der Waals surface area contributed by atoms with Crippen molar-refractivity contribution in [3.63, 3.8) is 0 Å². The third-order valence-electron chi connectivity index (χ3n) is 3.09. The second-order valence-corrected chi connectivity index (χ2v) is 5.26. The molecule has 19 heavy (non-hydrogen) atoms. The van der Waals surface area contributed by atoms with Crippen molar-refractivity contribution in [2.45, 2.75) is 78.4 Å². The molecule has 0 heterocycles. The molecule has 1 N–H and O–H groups in total. The van der Waals surface area contributed by atoms with Crippen LogP contribution in [0, 0.1) is 0 Å². The van der Waals surface area contributed by atoms with E-state index < -0.39 is 0 Å². The Morgan fingerprint density at radius 3 is 2.16 bits per heavy atom. The summed E-state index contributed by atoms with van der Waals surface area (Å²) in [5.41, 5.74) is 0.445. The Morgan fingerprint density at radius 1 is 1.11 bits per heavy atom. The molecule has 0 radical (unpaired) electrons. The van der Waals surface area contributed by atoms with Crippen LogP contribution in [-0.2, 0) is 9.53 Å². The number of esters is 1. The zero-order valence-corrected chi connectivity index (χ0v) is 13.0. The van der Waals surface area contributed by atoms with Crippen LogP contribution in [0.1, 0.15) is 72.1 Å². The second kappa shape index (κ2) is 12.2. The first kappa shape index (κ1) is 18.2. The molecule has 3 heteroatoms. The molecule has 3 nitrogen and oxygen atoms in total. The summed E-state index contributed by atoms with van der Waals surface area (Å²) in [5, 5.41) is 3.20. The lowest BCUT2D eigenvalue weighted by atomic mass is 10.1. The lowest BCUT2D eigenvalue weighted by Gasteiger charge is -2.14. The van der Waals surface area contributed by atoms with Gasteiger partial charge in [-0.3, -0.25) is 5.32 Å². The van der Waals surface area contributed by atoms with Crippen LogP contribution >= 0.6 is 0 Å². The van der Waals surface area contributed by atoms with Crippen LogP contribution in [0.25, 0.3) is 0 Å². The predicted molar refractivity (Wildman–Crippen MR) is 81.0 cm³/mol. The summed E-state index contributed by atoms with van der Waals surface area (Å²) in [4.78, 5) is 11.3. The highest BCUT2D eigenvalue weighted by atomic mass is 16.6. The zero-order valence-electron chi connectivity index (χ0n) is 13.0. The molecule has 0 saturated heterocycles. The van der Waals surface area contributed by atoms with E-state index in [1.54, 1.807) is 6.92 Å². The molecule has 0 spiro atoms. The van der Waals surface area contributed by atoms with Crippen LogP contribution in [0.15, 0.2) is 12.2 Å². The van der Waals surface area contributed by atoms with Gasteiger partial charge < -0.3 is 4.74 Å². The monoisotopic (exact) mass is 269 g/mol. The summed E-state index contributed by atoms with van der Waals surface area (Å²) in [6.07, 6.45) is 10.2. The fourth-order valence-corrected chi connectivity index (χ4v) is 1.87. The number of carbonyl (C=O) groups excluding carboxylic acids is 1. The first-order valence-corrected chi connectivity index (χ1v) is 7.67. The molecule has 0 aromatic heterocycles. The molecule has 0 rings (SSSR count). The highest BCUT2D eigenvalue weighted by Crippen LogP contribution is 2.08. The zero-order chi connectivity index (χ0) is 14.5. The number of hydrogen-bond acceptors (Lipinski definition) is 3. The Hall–Kier alpha value is -0.830. The quantitative estimate of drug-likeness (QED) is 0.250. The first-order valence-electron chi connectivity index (χ1n) is 7.67. The Morgan fingerprint density at radius 2 is 1.63 bits per heavy atom. The van der Waals surface area contributed by atoms with E-state index >= 15 is 0 Å². The standard InChI is InChI=1S/C16H31NO2/c1-5-6-7-8-9-10-11-12-13-17-15(4)19-16(18)14(2)3/h15,17H,2,5-13H2,1,3-4H3. The van der Waals surface area contributed by atoms with Gasteiger partial charge in [-0.25, -0.2) is 4.79 Å². The van der Waals surface area contributed by atoms with Crippen molar-refractivity contribution in [1.82, 2.24) is 5.32 Å². The van der Waals surface area contributed by atoms with Crippen LogP contribution in [0.4, 0.5) is 0 Å². The third kappa shape index (κ3) is 12.0. The lowest BCUT2D eigenvalue weighted by molar-refractivity contribution is -0.144. The van der Waals surface area contributed by atoms with Crippen molar-refractivity contribution in [1.29, 1.82) is 0 Å². The van der Waals surface area contributed by atoms with E-state index in [-0.39, 0.29) is 12.2 Å². The van der Waals surface area contributed by atoms with Crippen LogP contribution in [0.5, 0.6) is 0 Å². The molecule has 1 atom stereocenters. The van der Waals surface area contributed by atoms with Gasteiger partial charge in [-0.15, -0.1) is 0 Å². The number of ether oxygens (including phenoxy) is 1. The minimum absolute atomic E-state index is 0.228. The minimum atomic E-state index is -0.323. The maximum absolute atomic E-state index is 11.3. The fourth-order valence-electron chi connectivity index (χ4n) is 1.87. The van der Waals surface area contributed by atoms with Crippen molar-refractivity contribution in [2.75, 3.05) is 6.54 Å². The summed E-state index contributed by atoms with van der Waals surface area (Å²) < 4.78 is 5.13. The molecule has 0 amide bonds. The van der Waals surface area contributed by atoms with Gasteiger partial charge in [0.25, 0.3) is 0 Å². The summed E-state index contributed by atoms with van der Waals surface area (Å²) in [6, 6.07) is 0. The van der Waals surface area contributed by atoms with Crippen LogP contribution < -0.4 is 5.32 Å². The highest BCUT2D eigenvalue weighted by molar-refractivity contribution is 5.87. The second-order valence-electron chi connectivity index (χ2n) is 5.26. The van der Waals surface area contributed by atoms with E-state index in [9.17, 15) is 4.79 Å². The first-order chi connectivity index (χ1) is 9.07. The van der Waals surface area contributed by atoms with Gasteiger partial charge >= 0.3 is 5.97 Å². The van der Waals surface area contributed by atoms with Crippen molar-refractivity contribution < 1.29 is 9.53 Å². The maximum atomic E-state index is 11.3. The molecule has 0 aromatic rings. The van der Waals surface area contributed by atoms with Gasteiger partial charge in [-0.2, -0.15) is 0 Å². The van der Waals surface area contributed by atoms with E-state index in [4.69, 9.17) is 4.74 Å². The van der Waals surface area contributed by atoms with E-state index in [0.29, 0.717) is 5.57 Å². The summed E-state index contributed by atoms with van der Waals surface area (Å²) >= 11 is 0.